The van der Waals surface area contributed by atoms with Crippen LogP contribution in [0.25, 0.3) is 11.0 Å². The number of hydrogen-bond acceptors (Lipinski definition) is 7. The zero-order valence-electron chi connectivity index (χ0n) is 16.2. The third kappa shape index (κ3) is 5.14. The van der Waals surface area contributed by atoms with Crippen molar-refractivity contribution in [1.29, 1.82) is 0 Å². The first-order valence-electron chi connectivity index (χ1n) is 9.03. The van der Waals surface area contributed by atoms with Gasteiger partial charge in [0.1, 0.15) is 5.58 Å². The highest BCUT2D eigenvalue weighted by Crippen LogP contribution is 2.23. The molecule has 160 valence electrons. The average molecular weight is 445 g/mol. The highest BCUT2D eigenvalue weighted by atomic mass is 32.2. The Kier molecular flexibility index (Phi) is 6.29. The number of nitrogens with zero attached hydrogens (tertiary/aromatic N) is 2. The van der Waals surface area contributed by atoms with Crippen molar-refractivity contribution in [2.75, 3.05) is 52.6 Å². The topological polar surface area (TPSA) is 129 Å². The maximum Gasteiger partial charge on any atom is 0.287 e. The van der Waals surface area contributed by atoms with Crippen molar-refractivity contribution in [3.05, 3.63) is 30.0 Å². The Morgan fingerprint density at radius 2 is 1.79 bits per heavy atom. The third-order valence-corrected chi connectivity index (χ3v) is 7.52. The molecule has 1 fully saturated rings. The van der Waals surface area contributed by atoms with E-state index in [2.05, 4.69) is 14.9 Å². The molecule has 2 aromatic rings. The molecule has 2 heterocycles. The fraction of sp³-hybridized carbons (Fsp3) is 0.471. The summed E-state index contributed by atoms with van der Waals surface area (Å²) in [5.74, 6) is -0.296. The maximum atomic E-state index is 12.3. The smallest absolute Gasteiger partial charge is 0.287 e. The van der Waals surface area contributed by atoms with Crippen molar-refractivity contribution in [3.8, 4) is 0 Å². The van der Waals surface area contributed by atoms with Crippen molar-refractivity contribution >= 4 is 36.9 Å². The second-order valence-corrected chi connectivity index (χ2v) is 10.6. The molecule has 1 aromatic heterocycles. The Balaban J connectivity index is 1.55. The number of benzene rings is 1. The molecule has 1 amide bonds. The second kappa shape index (κ2) is 8.40. The molecule has 0 unspecified atom stereocenters. The van der Waals surface area contributed by atoms with E-state index in [1.165, 1.54) is 41.9 Å². The number of sulfonamides is 2. The minimum absolute atomic E-state index is 0.0912. The summed E-state index contributed by atoms with van der Waals surface area (Å²) in [7, 11) is -5.41. The van der Waals surface area contributed by atoms with Gasteiger partial charge >= 0.3 is 0 Å². The van der Waals surface area contributed by atoms with Crippen molar-refractivity contribution in [1.82, 2.24) is 19.2 Å². The van der Waals surface area contributed by atoms with E-state index in [0.29, 0.717) is 50.2 Å². The fourth-order valence-corrected chi connectivity index (χ4v) is 4.71. The first-order valence-corrected chi connectivity index (χ1v) is 12.4. The summed E-state index contributed by atoms with van der Waals surface area (Å²) in [6.07, 6.45) is 1.20. The number of fused-ring (bicyclic) bond motifs is 1. The summed E-state index contributed by atoms with van der Waals surface area (Å²) in [6.45, 7) is 3.07. The SMILES string of the molecule is CNS(=O)(=O)c1ccc2oc(C(=O)NCCN3CCN(S(C)(=O)=O)CC3)cc2c1. The molecule has 1 aromatic carbocycles. The molecule has 0 aliphatic carbocycles. The van der Waals surface area contributed by atoms with Crippen molar-refractivity contribution in [2.24, 2.45) is 0 Å². The van der Waals surface area contributed by atoms with Crippen LogP contribution in [0.1, 0.15) is 10.6 Å². The quantitative estimate of drug-likeness (QED) is 0.597. The van der Waals surface area contributed by atoms with E-state index in [1.54, 1.807) is 0 Å². The van der Waals surface area contributed by atoms with Gasteiger partial charge in [-0.2, -0.15) is 4.31 Å². The number of furan rings is 1. The van der Waals surface area contributed by atoms with Gasteiger partial charge in [-0.1, -0.05) is 0 Å². The molecular formula is C17H24N4O6S2. The summed E-state index contributed by atoms with van der Waals surface area (Å²) in [5.41, 5.74) is 0.419. The van der Waals surface area contributed by atoms with Gasteiger partial charge in [0.25, 0.3) is 5.91 Å². The molecule has 0 saturated carbocycles. The monoisotopic (exact) mass is 444 g/mol. The molecule has 0 atom stereocenters. The van der Waals surface area contributed by atoms with Gasteiger partial charge in [-0.15, -0.1) is 0 Å². The summed E-state index contributed by atoms with van der Waals surface area (Å²) < 4.78 is 56.0. The van der Waals surface area contributed by atoms with Gasteiger partial charge in [0.05, 0.1) is 11.2 Å². The van der Waals surface area contributed by atoms with E-state index in [0.717, 1.165) is 0 Å². The van der Waals surface area contributed by atoms with Gasteiger partial charge in [0.15, 0.2) is 5.76 Å². The number of amides is 1. The molecule has 3 rings (SSSR count). The largest absolute Gasteiger partial charge is 0.451 e. The lowest BCUT2D eigenvalue weighted by Gasteiger charge is -2.33. The molecule has 1 saturated heterocycles. The molecule has 29 heavy (non-hydrogen) atoms. The van der Waals surface area contributed by atoms with Crippen LogP contribution in [0.3, 0.4) is 0 Å². The normalized spacial score (nSPS) is 16.9. The van der Waals surface area contributed by atoms with Crippen LogP contribution >= 0.6 is 0 Å². The van der Waals surface area contributed by atoms with Crippen molar-refractivity contribution in [2.45, 2.75) is 4.90 Å². The number of piperazine rings is 1. The lowest BCUT2D eigenvalue weighted by Crippen LogP contribution is -2.49. The van der Waals surface area contributed by atoms with Crippen LogP contribution in [0, 0.1) is 0 Å². The summed E-state index contributed by atoms with van der Waals surface area (Å²) in [6, 6.07) is 5.88. The standard InChI is InChI=1S/C17H24N4O6S2/c1-18-29(25,26)14-3-4-15-13(11-14)12-16(27-15)17(22)19-5-6-20-7-9-21(10-8-20)28(2,23)24/h3-4,11-12,18H,5-10H2,1-2H3,(H,19,22). The summed E-state index contributed by atoms with van der Waals surface area (Å²) in [4.78, 5) is 14.5. The summed E-state index contributed by atoms with van der Waals surface area (Å²) in [5, 5.41) is 3.28. The van der Waals surface area contributed by atoms with E-state index in [-0.39, 0.29) is 10.7 Å². The zero-order valence-corrected chi connectivity index (χ0v) is 17.8. The van der Waals surface area contributed by atoms with E-state index in [1.807, 2.05) is 0 Å². The predicted octanol–water partition coefficient (Wildman–Crippen LogP) is -0.352. The highest BCUT2D eigenvalue weighted by molar-refractivity contribution is 7.89. The van der Waals surface area contributed by atoms with Gasteiger partial charge in [0.2, 0.25) is 20.0 Å². The van der Waals surface area contributed by atoms with Crippen LogP contribution in [0.5, 0.6) is 0 Å². The molecule has 2 N–H and O–H groups in total. The Hall–Kier alpha value is -1.99. The first kappa shape index (κ1) is 21.7. The number of rotatable bonds is 7. The highest BCUT2D eigenvalue weighted by Gasteiger charge is 2.23. The Labute approximate surface area is 169 Å². The van der Waals surface area contributed by atoms with Gasteiger partial charge in [-0.05, 0) is 31.3 Å². The van der Waals surface area contributed by atoms with Crippen LogP contribution in [0.2, 0.25) is 0 Å². The van der Waals surface area contributed by atoms with E-state index < -0.39 is 26.0 Å². The van der Waals surface area contributed by atoms with Gasteiger partial charge in [-0.25, -0.2) is 21.6 Å². The predicted molar refractivity (Wildman–Crippen MR) is 108 cm³/mol. The average Bonchev–Trinajstić information content (AvgIpc) is 3.11. The van der Waals surface area contributed by atoms with E-state index in [9.17, 15) is 21.6 Å². The molecule has 0 spiro atoms. The Morgan fingerprint density at radius 1 is 1.10 bits per heavy atom. The maximum absolute atomic E-state index is 12.3. The third-order valence-electron chi connectivity index (χ3n) is 4.80. The van der Waals surface area contributed by atoms with Gasteiger partial charge in [-0.3, -0.25) is 9.69 Å². The molecule has 1 aliphatic rings. The van der Waals surface area contributed by atoms with Crippen LogP contribution in [0.15, 0.2) is 33.6 Å². The molecule has 0 bridgehead atoms. The fourth-order valence-electron chi connectivity index (χ4n) is 3.12. The van der Waals surface area contributed by atoms with E-state index in [4.69, 9.17) is 4.42 Å². The van der Waals surface area contributed by atoms with E-state index >= 15 is 0 Å². The second-order valence-electron chi connectivity index (χ2n) is 6.78. The van der Waals surface area contributed by atoms with Crippen molar-refractivity contribution < 1.29 is 26.0 Å². The number of nitrogens with one attached hydrogen (secondary N) is 2. The van der Waals surface area contributed by atoms with Gasteiger partial charge < -0.3 is 9.73 Å². The molecule has 0 radical (unpaired) electrons. The zero-order chi connectivity index (χ0) is 21.2. The molecular weight excluding hydrogens is 420 g/mol. The van der Waals surface area contributed by atoms with Crippen LogP contribution in [-0.4, -0.2) is 84.5 Å². The molecule has 1 aliphatic heterocycles. The van der Waals surface area contributed by atoms with Crippen LogP contribution in [0.4, 0.5) is 0 Å². The molecule has 10 nitrogen and oxygen atoms in total. The summed E-state index contributed by atoms with van der Waals surface area (Å²) >= 11 is 0. The van der Waals surface area contributed by atoms with Crippen LogP contribution < -0.4 is 10.0 Å². The number of hydrogen-bond donors (Lipinski definition) is 2. The number of carbonyl (C=O) groups is 1. The minimum Gasteiger partial charge on any atom is -0.451 e. The van der Waals surface area contributed by atoms with Crippen molar-refractivity contribution in [3.63, 3.8) is 0 Å². The Morgan fingerprint density at radius 3 is 2.41 bits per heavy atom. The molecule has 12 heteroatoms. The minimum atomic E-state index is -3.58. The number of carbonyl (C=O) groups excluding carboxylic acids is 1. The Bertz CT molecular complexity index is 1100. The lowest BCUT2D eigenvalue weighted by atomic mass is 10.2. The van der Waals surface area contributed by atoms with Crippen LogP contribution in [-0.2, 0) is 20.0 Å². The first-order chi connectivity index (χ1) is 13.6. The van der Waals surface area contributed by atoms with Gasteiger partial charge in [0, 0.05) is 44.7 Å². The lowest BCUT2D eigenvalue weighted by molar-refractivity contribution is 0.0919.